The van der Waals surface area contributed by atoms with Gasteiger partial charge in [-0.05, 0) is 31.1 Å². The number of hydrogen-bond donors (Lipinski definition) is 1. The van der Waals surface area contributed by atoms with Crippen molar-refractivity contribution in [1.29, 1.82) is 0 Å². The van der Waals surface area contributed by atoms with Crippen molar-refractivity contribution in [1.82, 2.24) is 5.32 Å². The molecule has 108 valence electrons. The van der Waals surface area contributed by atoms with Gasteiger partial charge in [0.2, 0.25) is 5.91 Å². The van der Waals surface area contributed by atoms with Crippen molar-refractivity contribution in [3.05, 3.63) is 0 Å². The normalized spacial score (nSPS) is 30.3. The average molecular weight is 267 g/mol. The van der Waals surface area contributed by atoms with E-state index in [1.165, 1.54) is 39.2 Å². The van der Waals surface area contributed by atoms with Crippen LogP contribution in [0.15, 0.2) is 0 Å². The Hall–Kier alpha value is -1.06. The van der Waals surface area contributed by atoms with E-state index in [0.717, 1.165) is 24.7 Å². The van der Waals surface area contributed by atoms with E-state index in [1.807, 2.05) is 0 Å². The number of esters is 1. The summed E-state index contributed by atoms with van der Waals surface area (Å²) in [6.45, 7) is 0.399. The highest BCUT2D eigenvalue weighted by molar-refractivity contribution is 5.79. The van der Waals surface area contributed by atoms with Gasteiger partial charge < -0.3 is 10.1 Å². The minimum atomic E-state index is -0.267. The fourth-order valence-electron chi connectivity index (χ4n) is 3.65. The van der Waals surface area contributed by atoms with Crippen LogP contribution >= 0.6 is 0 Å². The number of nitrogens with one attached hydrogen (secondary N) is 1. The van der Waals surface area contributed by atoms with E-state index < -0.39 is 0 Å². The van der Waals surface area contributed by atoms with E-state index in [-0.39, 0.29) is 24.2 Å². The van der Waals surface area contributed by atoms with Gasteiger partial charge >= 0.3 is 5.97 Å². The standard InChI is InChI=1S/C15H25NO3/c1-19-14(17)8-9-16-15(18)13-7-6-11-4-2-3-5-12(11)10-13/h11-13H,2-10H2,1H3,(H,16,18). The predicted octanol–water partition coefficient (Wildman–Crippen LogP) is 2.27. The van der Waals surface area contributed by atoms with Gasteiger partial charge in [0.15, 0.2) is 0 Å². The molecule has 0 aromatic rings. The van der Waals surface area contributed by atoms with Gasteiger partial charge in [0.25, 0.3) is 0 Å². The molecule has 0 spiro atoms. The lowest BCUT2D eigenvalue weighted by Crippen LogP contribution is -2.38. The van der Waals surface area contributed by atoms with Gasteiger partial charge in [0, 0.05) is 12.5 Å². The first-order valence-corrected chi connectivity index (χ1v) is 7.55. The number of fused-ring (bicyclic) bond motifs is 1. The fraction of sp³-hybridized carbons (Fsp3) is 0.867. The molecule has 0 aliphatic heterocycles. The van der Waals surface area contributed by atoms with Crippen LogP contribution in [0.2, 0.25) is 0 Å². The maximum absolute atomic E-state index is 12.1. The second kappa shape index (κ2) is 6.92. The Kier molecular flexibility index (Phi) is 5.23. The highest BCUT2D eigenvalue weighted by Crippen LogP contribution is 2.42. The van der Waals surface area contributed by atoms with E-state index in [9.17, 15) is 9.59 Å². The van der Waals surface area contributed by atoms with Crippen LogP contribution in [0.3, 0.4) is 0 Å². The van der Waals surface area contributed by atoms with Crippen LogP contribution in [0.1, 0.15) is 51.4 Å². The number of hydrogen-bond acceptors (Lipinski definition) is 3. The molecule has 0 heterocycles. The van der Waals surface area contributed by atoms with Crippen molar-refractivity contribution in [3.8, 4) is 0 Å². The highest BCUT2D eigenvalue weighted by Gasteiger charge is 2.34. The van der Waals surface area contributed by atoms with Crippen molar-refractivity contribution >= 4 is 11.9 Å². The summed E-state index contributed by atoms with van der Waals surface area (Å²) in [5.74, 6) is 1.66. The summed E-state index contributed by atoms with van der Waals surface area (Å²) in [7, 11) is 1.37. The monoisotopic (exact) mass is 267 g/mol. The molecule has 3 unspecified atom stereocenters. The van der Waals surface area contributed by atoms with Crippen molar-refractivity contribution in [3.63, 3.8) is 0 Å². The number of carbonyl (C=O) groups is 2. The number of carbonyl (C=O) groups excluding carboxylic acids is 2. The van der Waals surface area contributed by atoms with Crippen molar-refractivity contribution < 1.29 is 14.3 Å². The number of rotatable bonds is 4. The quantitative estimate of drug-likeness (QED) is 0.795. The minimum absolute atomic E-state index is 0.132. The number of ether oxygens (including phenoxy) is 1. The second-order valence-corrected chi connectivity index (χ2v) is 5.93. The zero-order valence-corrected chi connectivity index (χ0v) is 11.8. The highest BCUT2D eigenvalue weighted by atomic mass is 16.5. The van der Waals surface area contributed by atoms with Gasteiger partial charge in [-0.3, -0.25) is 9.59 Å². The van der Waals surface area contributed by atoms with Crippen molar-refractivity contribution in [2.45, 2.75) is 51.4 Å². The molecule has 4 nitrogen and oxygen atoms in total. The lowest BCUT2D eigenvalue weighted by Gasteiger charge is -2.38. The Labute approximate surface area is 115 Å². The molecule has 2 saturated carbocycles. The Balaban J connectivity index is 1.72. The molecule has 19 heavy (non-hydrogen) atoms. The largest absolute Gasteiger partial charge is 0.469 e. The van der Waals surface area contributed by atoms with Crippen LogP contribution in [0.5, 0.6) is 0 Å². The molecule has 0 aromatic carbocycles. The third-order valence-electron chi connectivity index (χ3n) is 4.77. The van der Waals surface area contributed by atoms with Crippen LogP contribution in [0.4, 0.5) is 0 Å². The summed E-state index contributed by atoms with van der Waals surface area (Å²) in [5, 5.41) is 2.87. The van der Waals surface area contributed by atoms with Gasteiger partial charge in [-0.25, -0.2) is 0 Å². The first kappa shape index (κ1) is 14.4. The summed E-state index contributed by atoms with van der Waals surface area (Å²) >= 11 is 0. The zero-order chi connectivity index (χ0) is 13.7. The molecule has 1 N–H and O–H groups in total. The average Bonchev–Trinajstić information content (AvgIpc) is 2.46. The van der Waals surface area contributed by atoms with E-state index in [1.54, 1.807) is 0 Å². The van der Waals surface area contributed by atoms with Crippen LogP contribution in [0.25, 0.3) is 0 Å². The summed E-state index contributed by atoms with van der Waals surface area (Å²) in [6, 6.07) is 0. The minimum Gasteiger partial charge on any atom is -0.469 e. The lowest BCUT2D eigenvalue weighted by molar-refractivity contribution is -0.140. The number of methoxy groups -OCH3 is 1. The maximum atomic E-state index is 12.1. The molecule has 1 amide bonds. The Morgan fingerprint density at radius 2 is 1.84 bits per heavy atom. The molecule has 2 fully saturated rings. The van der Waals surface area contributed by atoms with E-state index in [0.29, 0.717) is 6.54 Å². The second-order valence-electron chi connectivity index (χ2n) is 5.93. The third-order valence-corrected chi connectivity index (χ3v) is 4.77. The molecule has 0 bridgehead atoms. The Morgan fingerprint density at radius 1 is 1.11 bits per heavy atom. The van der Waals surface area contributed by atoms with Gasteiger partial charge in [-0.2, -0.15) is 0 Å². The SMILES string of the molecule is COC(=O)CCNC(=O)C1CCC2CCCCC2C1. The van der Waals surface area contributed by atoms with Crippen molar-refractivity contribution in [2.75, 3.05) is 13.7 Å². The molecule has 0 radical (unpaired) electrons. The fourth-order valence-corrected chi connectivity index (χ4v) is 3.65. The molecule has 3 atom stereocenters. The molecule has 0 saturated heterocycles. The first-order chi connectivity index (χ1) is 9.20. The van der Waals surface area contributed by atoms with Gasteiger partial charge in [-0.1, -0.05) is 25.7 Å². The number of amides is 1. The van der Waals surface area contributed by atoms with Crippen LogP contribution in [-0.4, -0.2) is 25.5 Å². The van der Waals surface area contributed by atoms with Crippen LogP contribution in [0, 0.1) is 17.8 Å². The van der Waals surface area contributed by atoms with Gasteiger partial charge in [0.05, 0.1) is 13.5 Å². The van der Waals surface area contributed by atoms with E-state index >= 15 is 0 Å². The molecule has 2 aliphatic carbocycles. The third kappa shape index (κ3) is 3.95. The summed E-state index contributed by atoms with van der Waals surface area (Å²) < 4.78 is 4.56. The maximum Gasteiger partial charge on any atom is 0.307 e. The lowest BCUT2D eigenvalue weighted by atomic mass is 9.67. The van der Waals surface area contributed by atoms with Crippen LogP contribution in [-0.2, 0) is 14.3 Å². The summed E-state index contributed by atoms with van der Waals surface area (Å²) in [6.07, 6.45) is 8.91. The topological polar surface area (TPSA) is 55.4 Å². The van der Waals surface area contributed by atoms with E-state index in [2.05, 4.69) is 10.1 Å². The molecular formula is C15H25NO3. The Bertz CT molecular complexity index is 329. The van der Waals surface area contributed by atoms with E-state index in [4.69, 9.17) is 0 Å². The van der Waals surface area contributed by atoms with Gasteiger partial charge in [0.1, 0.15) is 0 Å². The smallest absolute Gasteiger partial charge is 0.307 e. The molecular weight excluding hydrogens is 242 g/mol. The zero-order valence-electron chi connectivity index (χ0n) is 11.8. The molecule has 2 rings (SSSR count). The Morgan fingerprint density at radius 3 is 2.58 bits per heavy atom. The molecule has 0 aromatic heterocycles. The van der Waals surface area contributed by atoms with Crippen molar-refractivity contribution in [2.24, 2.45) is 17.8 Å². The first-order valence-electron chi connectivity index (χ1n) is 7.55. The van der Waals surface area contributed by atoms with Crippen LogP contribution < -0.4 is 5.32 Å². The predicted molar refractivity (Wildman–Crippen MR) is 72.4 cm³/mol. The summed E-state index contributed by atoms with van der Waals surface area (Å²) in [5.41, 5.74) is 0. The summed E-state index contributed by atoms with van der Waals surface area (Å²) in [4.78, 5) is 23.1. The molecule has 4 heteroatoms. The van der Waals surface area contributed by atoms with Gasteiger partial charge in [-0.15, -0.1) is 0 Å². The molecule has 2 aliphatic rings.